The Balaban J connectivity index is 1.99. The van der Waals surface area contributed by atoms with Gasteiger partial charge in [0.25, 0.3) is 0 Å². The number of thioether (sulfide) groups is 1. The van der Waals surface area contributed by atoms with Crippen LogP contribution in [0.1, 0.15) is 16.1 Å². The molecular weight excluding hydrogens is 252 g/mol. The van der Waals surface area contributed by atoms with E-state index in [1.54, 1.807) is 11.8 Å². The molecule has 0 spiro atoms. The Bertz CT molecular complexity index is 510. The fourth-order valence-electron chi connectivity index (χ4n) is 1.32. The van der Waals surface area contributed by atoms with Crippen molar-refractivity contribution in [3.63, 3.8) is 0 Å². The lowest BCUT2D eigenvalue weighted by Crippen LogP contribution is -2.05. The van der Waals surface area contributed by atoms with Crippen molar-refractivity contribution < 1.29 is 0 Å². The van der Waals surface area contributed by atoms with Crippen molar-refractivity contribution in [2.45, 2.75) is 24.5 Å². The van der Waals surface area contributed by atoms with Crippen LogP contribution in [-0.4, -0.2) is 10.2 Å². The van der Waals surface area contributed by atoms with Crippen molar-refractivity contribution in [3.8, 4) is 0 Å². The summed E-state index contributed by atoms with van der Waals surface area (Å²) in [5, 5.41) is 9.57. The summed E-state index contributed by atoms with van der Waals surface area (Å²) >= 11 is 3.24. The molecule has 0 bridgehead atoms. The van der Waals surface area contributed by atoms with E-state index in [-0.39, 0.29) is 0 Å². The zero-order valence-corrected chi connectivity index (χ0v) is 11.4. The van der Waals surface area contributed by atoms with E-state index < -0.39 is 0 Å². The summed E-state index contributed by atoms with van der Waals surface area (Å²) in [6.45, 7) is 4.24. The van der Waals surface area contributed by atoms with Gasteiger partial charge in [0.2, 0.25) is 5.13 Å². The van der Waals surface area contributed by atoms with Gasteiger partial charge in [-0.15, -0.1) is 22.0 Å². The molecular formula is C11H14N4S2. The molecule has 0 radical (unpaired) electrons. The molecule has 0 amide bonds. The molecule has 1 aromatic carbocycles. The van der Waals surface area contributed by atoms with Gasteiger partial charge in [-0.25, -0.2) is 5.84 Å². The number of anilines is 1. The first kappa shape index (κ1) is 12.3. The molecule has 0 fully saturated rings. The van der Waals surface area contributed by atoms with Gasteiger partial charge >= 0.3 is 0 Å². The fraction of sp³-hybridized carbons (Fsp3) is 0.273. The van der Waals surface area contributed by atoms with Crippen molar-refractivity contribution in [1.82, 2.24) is 10.2 Å². The molecule has 2 aromatic rings. The van der Waals surface area contributed by atoms with Crippen molar-refractivity contribution in [2.75, 3.05) is 5.43 Å². The van der Waals surface area contributed by atoms with E-state index in [0.29, 0.717) is 5.13 Å². The number of hydrogen-bond acceptors (Lipinski definition) is 6. The van der Waals surface area contributed by atoms with Crippen molar-refractivity contribution in [2.24, 2.45) is 5.84 Å². The molecule has 1 heterocycles. The van der Waals surface area contributed by atoms with Crippen LogP contribution >= 0.6 is 23.1 Å². The molecule has 3 N–H and O–H groups in total. The summed E-state index contributed by atoms with van der Waals surface area (Å²) in [4.78, 5) is 1.26. The number of aromatic nitrogens is 2. The molecule has 0 aliphatic heterocycles. The maximum Gasteiger partial charge on any atom is 0.219 e. The number of hydrogen-bond donors (Lipinski definition) is 2. The monoisotopic (exact) mass is 266 g/mol. The first-order valence-electron chi connectivity index (χ1n) is 5.18. The third kappa shape index (κ3) is 3.18. The second-order valence-electron chi connectivity index (χ2n) is 3.68. The lowest BCUT2D eigenvalue weighted by Gasteiger charge is -2.03. The van der Waals surface area contributed by atoms with Gasteiger partial charge in [-0.2, -0.15) is 0 Å². The van der Waals surface area contributed by atoms with Crippen LogP contribution in [0.3, 0.4) is 0 Å². The highest BCUT2D eigenvalue weighted by molar-refractivity contribution is 7.98. The van der Waals surface area contributed by atoms with Crippen molar-refractivity contribution >= 4 is 28.2 Å². The second kappa shape index (κ2) is 5.48. The summed E-state index contributed by atoms with van der Waals surface area (Å²) in [5.74, 6) is 6.08. The molecule has 2 rings (SSSR count). The quantitative estimate of drug-likeness (QED) is 0.506. The molecule has 0 aliphatic carbocycles. The van der Waals surface area contributed by atoms with Crippen LogP contribution in [0.2, 0.25) is 0 Å². The molecule has 0 aliphatic rings. The number of nitrogen functional groups attached to an aromatic ring is 1. The Labute approximate surface area is 109 Å². The smallest absolute Gasteiger partial charge is 0.219 e. The third-order valence-corrected chi connectivity index (χ3v) is 4.47. The van der Waals surface area contributed by atoms with E-state index >= 15 is 0 Å². The fourth-order valence-corrected chi connectivity index (χ4v) is 2.95. The lowest BCUT2D eigenvalue weighted by atomic mass is 10.1. The maximum absolute atomic E-state index is 5.26. The minimum absolute atomic E-state index is 0.653. The number of nitrogens with one attached hydrogen (secondary N) is 1. The van der Waals surface area contributed by atoms with Gasteiger partial charge in [-0.3, -0.25) is 5.43 Å². The minimum Gasteiger partial charge on any atom is -0.298 e. The first-order valence-corrected chi connectivity index (χ1v) is 6.98. The van der Waals surface area contributed by atoms with E-state index in [1.165, 1.54) is 27.4 Å². The maximum atomic E-state index is 5.26. The minimum atomic E-state index is 0.653. The summed E-state index contributed by atoms with van der Waals surface area (Å²) in [5.41, 5.74) is 5.13. The Morgan fingerprint density at radius 2 is 2.12 bits per heavy atom. The highest BCUT2D eigenvalue weighted by Gasteiger charge is 2.04. The third-order valence-electron chi connectivity index (χ3n) is 2.43. The molecule has 0 unspecified atom stereocenters. The number of nitrogens with two attached hydrogens (primary N) is 1. The highest BCUT2D eigenvalue weighted by Crippen LogP contribution is 2.26. The number of rotatable bonds is 4. The zero-order chi connectivity index (χ0) is 12.3. The van der Waals surface area contributed by atoms with E-state index in [4.69, 9.17) is 5.84 Å². The molecule has 0 saturated heterocycles. The number of aryl methyl sites for hydroxylation is 2. The summed E-state index contributed by atoms with van der Waals surface area (Å²) in [6.07, 6.45) is 0. The molecule has 4 nitrogen and oxygen atoms in total. The predicted molar refractivity (Wildman–Crippen MR) is 73.2 cm³/mol. The van der Waals surface area contributed by atoms with Gasteiger partial charge in [-0.05, 0) is 37.1 Å². The van der Waals surface area contributed by atoms with Crippen LogP contribution in [-0.2, 0) is 5.75 Å². The molecule has 0 atom stereocenters. The molecule has 1 aromatic heterocycles. The van der Waals surface area contributed by atoms with E-state index in [0.717, 1.165) is 10.8 Å². The molecule has 0 saturated carbocycles. The van der Waals surface area contributed by atoms with Gasteiger partial charge in [0.1, 0.15) is 5.01 Å². The largest absolute Gasteiger partial charge is 0.298 e. The highest BCUT2D eigenvalue weighted by atomic mass is 32.2. The number of hydrazine groups is 1. The summed E-state index contributed by atoms with van der Waals surface area (Å²) in [6, 6.07) is 6.48. The van der Waals surface area contributed by atoms with Crippen LogP contribution in [0.15, 0.2) is 23.1 Å². The molecule has 90 valence electrons. The number of benzene rings is 1. The SMILES string of the molecule is Cc1ccc(SCc2nnc(NN)s2)cc1C. The van der Waals surface area contributed by atoms with Crippen LogP contribution in [0.5, 0.6) is 0 Å². The van der Waals surface area contributed by atoms with Gasteiger partial charge < -0.3 is 0 Å². The summed E-state index contributed by atoms with van der Waals surface area (Å²) < 4.78 is 0. The van der Waals surface area contributed by atoms with Gasteiger partial charge in [0, 0.05) is 4.90 Å². The van der Waals surface area contributed by atoms with E-state index in [9.17, 15) is 0 Å². The number of nitrogens with zero attached hydrogens (tertiary/aromatic N) is 2. The predicted octanol–water partition coefficient (Wildman–Crippen LogP) is 2.73. The molecule has 6 heteroatoms. The standard InChI is InChI=1S/C11H14N4S2/c1-7-3-4-9(5-8(7)2)16-6-10-14-15-11(13-12)17-10/h3-5H,6,12H2,1-2H3,(H,13,15). The zero-order valence-electron chi connectivity index (χ0n) is 9.73. The van der Waals surface area contributed by atoms with Crippen LogP contribution in [0.4, 0.5) is 5.13 Å². The van der Waals surface area contributed by atoms with Crippen LogP contribution in [0.25, 0.3) is 0 Å². The van der Waals surface area contributed by atoms with Crippen molar-refractivity contribution in [1.29, 1.82) is 0 Å². The van der Waals surface area contributed by atoms with Crippen molar-refractivity contribution in [3.05, 3.63) is 34.3 Å². The van der Waals surface area contributed by atoms with Crippen LogP contribution in [0, 0.1) is 13.8 Å². The average molecular weight is 266 g/mol. The Kier molecular flexibility index (Phi) is 3.98. The van der Waals surface area contributed by atoms with E-state index in [2.05, 4.69) is 47.7 Å². The van der Waals surface area contributed by atoms with Gasteiger partial charge in [0.15, 0.2) is 0 Å². The van der Waals surface area contributed by atoms with E-state index in [1.807, 2.05) is 0 Å². The molecule has 17 heavy (non-hydrogen) atoms. The van der Waals surface area contributed by atoms with Crippen LogP contribution < -0.4 is 11.3 Å². The summed E-state index contributed by atoms with van der Waals surface area (Å²) in [7, 11) is 0. The Hall–Kier alpha value is -1.11. The first-order chi connectivity index (χ1) is 8.19. The van der Waals surface area contributed by atoms with Gasteiger partial charge in [-0.1, -0.05) is 17.4 Å². The topological polar surface area (TPSA) is 63.8 Å². The van der Waals surface area contributed by atoms with Gasteiger partial charge in [0.05, 0.1) is 5.75 Å². The normalized spacial score (nSPS) is 10.5. The Morgan fingerprint density at radius 1 is 1.29 bits per heavy atom. The average Bonchev–Trinajstić information content (AvgIpc) is 2.79. The Morgan fingerprint density at radius 3 is 2.76 bits per heavy atom. The second-order valence-corrected chi connectivity index (χ2v) is 5.79. The lowest BCUT2D eigenvalue weighted by molar-refractivity contribution is 1.03.